The molecule has 0 bridgehead atoms. The first-order chi connectivity index (χ1) is 4.06. The van der Waals surface area contributed by atoms with Crippen LogP contribution < -0.4 is 0 Å². The fraction of sp³-hybridized carbons (Fsp3) is 0.857. The molecule has 2 heteroatoms. The Labute approximate surface area is 56.6 Å². The van der Waals surface area contributed by atoms with Gasteiger partial charge < -0.3 is 5.11 Å². The third-order valence-corrected chi connectivity index (χ3v) is 0.708. The van der Waals surface area contributed by atoms with Crippen LogP contribution >= 0.6 is 0 Å². The van der Waals surface area contributed by atoms with Crippen molar-refractivity contribution < 1.29 is 5.11 Å². The van der Waals surface area contributed by atoms with Crippen molar-refractivity contribution in [2.75, 3.05) is 13.2 Å². The van der Waals surface area contributed by atoms with E-state index in [4.69, 9.17) is 5.11 Å². The Morgan fingerprint density at radius 2 is 2.00 bits per heavy atom. The number of hydrogen-bond acceptors (Lipinski definition) is 2. The third-order valence-electron chi connectivity index (χ3n) is 0.708. The minimum absolute atomic E-state index is 0.145. The van der Waals surface area contributed by atoms with Gasteiger partial charge in [0.1, 0.15) is 0 Å². The minimum Gasteiger partial charge on any atom is -0.394 e. The smallest absolute Gasteiger partial charge is 0.0626 e. The minimum atomic E-state index is 0.145. The van der Waals surface area contributed by atoms with Crippen LogP contribution in [0.1, 0.15) is 20.8 Å². The van der Waals surface area contributed by atoms with Gasteiger partial charge in [0, 0.05) is 6.21 Å². The second-order valence-corrected chi connectivity index (χ2v) is 3.12. The first-order valence-corrected chi connectivity index (χ1v) is 3.18. The van der Waals surface area contributed by atoms with Gasteiger partial charge in [-0.1, -0.05) is 20.8 Å². The molecule has 0 unspecified atom stereocenters. The van der Waals surface area contributed by atoms with Crippen LogP contribution in [0.15, 0.2) is 4.99 Å². The zero-order valence-electron chi connectivity index (χ0n) is 6.39. The summed E-state index contributed by atoms with van der Waals surface area (Å²) in [5.41, 5.74) is 0.148. The summed E-state index contributed by atoms with van der Waals surface area (Å²) in [6.45, 7) is 6.90. The molecular formula is C7H15NO. The van der Waals surface area contributed by atoms with Gasteiger partial charge >= 0.3 is 0 Å². The highest BCUT2D eigenvalue weighted by molar-refractivity contribution is 5.63. The van der Waals surface area contributed by atoms with Gasteiger partial charge in [0.2, 0.25) is 0 Å². The molecule has 1 N–H and O–H groups in total. The van der Waals surface area contributed by atoms with Crippen LogP contribution in [0.5, 0.6) is 0 Å². The van der Waals surface area contributed by atoms with E-state index in [9.17, 15) is 0 Å². The Morgan fingerprint density at radius 1 is 1.44 bits per heavy atom. The largest absolute Gasteiger partial charge is 0.394 e. The molecule has 0 amide bonds. The second-order valence-electron chi connectivity index (χ2n) is 3.12. The maximum Gasteiger partial charge on any atom is 0.0626 e. The zero-order valence-corrected chi connectivity index (χ0v) is 6.39. The highest BCUT2D eigenvalue weighted by atomic mass is 16.3. The van der Waals surface area contributed by atoms with E-state index in [1.165, 1.54) is 0 Å². The summed E-state index contributed by atoms with van der Waals surface area (Å²) >= 11 is 0. The first-order valence-electron chi connectivity index (χ1n) is 3.18. The van der Waals surface area contributed by atoms with Crippen molar-refractivity contribution in [3.8, 4) is 0 Å². The summed E-state index contributed by atoms with van der Waals surface area (Å²) in [7, 11) is 0. The van der Waals surface area contributed by atoms with Gasteiger partial charge in [0.05, 0.1) is 13.2 Å². The predicted octanol–water partition coefficient (Wildman–Crippen LogP) is 1.10. The summed E-state index contributed by atoms with van der Waals surface area (Å²) in [6, 6.07) is 0. The van der Waals surface area contributed by atoms with Crippen molar-refractivity contribution in [3.63, 3.8) is 0 Å². The molecule has 2 nitrogen and oxygen atoms in total. The number of aliphatic hydroxyl groups excluding tert-OH is 1. The first kappa shape index (κ1) is 8.63. The molecule has 0 saturated heterocycles. The van der Waals surface area contributed by atoms with Crippen LogP contribution in [0, 0.1) is 5.41 Å². The third kappa shape index (κ3) is 7.63. The van der Waals surface area contributed by atoms with E-state index in [0.717, 1.165) is 0 Å². The van der Waals surface area contributed by atoms with Crippen LogP contribution in [-0.2, 0) is 0 Å². The predicted molar refractivity (Wildman–Crippen MR) is 39.9 cm³/mol. The zero-order chi connectivity index (χ0) is 7.33. The molecule has 0 aliphatic carbocycles. The molecule has 0 aliphatic heterocycles. The number of rotatable bonds is 2. The van der Waals surface area contributed by atoms with Gasteiger partial charge in [-0.15, -0.1) is 0 Å². The maximum absolute atomic E-state index is 8.35. The molecule has 0 aromatic carbocycles. The van der Waals surface area contributed by atoms with E-state index in [-0.39, 0.29) is 12.0 Å². The molecule has 0 radical (unpaired) electrons. The molecule has 9 heavy (non-hydrogen) atoms. The molecule has 0 saturated carbocycles. The van der Waals surface area contributed by atoms with Crippen LogP contribution in [0.4, 0.5) is 0 Å². The Kier molecular flexibility index (Phi) is 3.47. The molecule has 0 aromatic rings. The van der Waals surface area contributed by atoms with Gasteiger partial charge in [-0.05, 0) is 5.41 Å². The van der Waals surface area contributed by atoms with Crippen molar-refractivity contribution in [1.29, 1.82) is 0 Å². The normalized spacial score (nSPS) is 12.9. The Bertz CT molecular complexity index is 91.6. The van der Waals surface area contributed by atoms with Crippen LogP contribution in [0.25, 0.3) is 0 Å². The lowest BCUT2D eigenvalue weighted by Crippen LogP contribution is -2.06. The number of hydrogen-bond donors (Lipinski definition) is 1. The molecule has 0 aromatic heterocycles. The van der Waals surface area contributed by atoms with E-state index < -0.39 is 0 Å². The molecule has 0 aliphatic rings. The average Bonchev–Trinajstić information content (AvgIpc) is 1.63. The molecule has 0 spiro atoms. The van der Waals surface area contributed by atoms with Crippen molar-refractivity contribution in [2.45, 2.75) is 20.8 Å². The maximum atomic E-state index is 8.35. The summed E-state index contributed by atoms with van der Waals surface area (Å²) in [5, 5.41) is 8.35. The van der Waals surface area contributed by atoms with Crippen LogP contribution in [0.3, 0.4) is 0 Å². The van der Waals surface area contributed by atoms with E-state index in [0.29, 0.717) is 6.54 Å². The molecule has 0 fully saturated rings. The Morgan fingerprint density at radius 3 is 2.33 bits per heavy atom. The van der Waals surface area contributed by atoms with E-state index in [1.807, 2.05) is 6.21 Å². The van der Waals surface area contributed by atoms with E-state index >= 15 is 0 Å². The molecule has 0 heterocycles. The lowest BCUT2D eigenvalue weighted by atomic mass is 9.99. The van der Waals surface area contributed by atoms with Crippen molar-refractivity contribution >= 4 is 6.21 Å². The van der Waals surface area contributed by atoms with Gasteiger partial charge in [-0.3, -0.25) is 4.99 Å². The second kappa shape index (κ2) is 3.62. The van der Waals surface area contributed by atoms with Gasteiger partial charge in [0.25, 0.3) is 0 Å². The Balaban J connectivity index is 3.45. The monoisotopic (exact) mass is 129 g/mol. The SMILES string of the molecule is CC(C)(C)C=NCCO. The average molecular weight is 129 g/mol. The fourth-order valence-corrected chi connectivity index (χ4v) is 0.396. The molecule has 0 rings (SSSR count). The summed E-state index contributed by atoms with van der Waals surface area (Å²) in [6.07, 6.45) is 1.86. The standard InChI is InChI=1S/C7H15NO/c1-7(2,3)6-8-4-5-9/h6,9H,4-5H2,1-3H3. The Hall–Kier alpha value is -0.370. The summed E-state index contributed by atoms with van der Waals surface area (Å²) in [5.74, 6) is 0. The number of nitrogens with zero attached hydrogens (tertiary/aromatic N) is 1. The molecular weight excluding hydrogens is 114 g/mol. The van der Waals surface area contributed by atoms with Gasteiger partial charge in [-0.25, -0.2) is 0 Å². The molecule has 54 valence electrons. The van der Waals surface area contributed by atoms with Gasteiger partial charge in [-0.2, -0.15) is 0 Å². The van der Waals surface area contributed by atoms with Crippen molar-refractivity contribution in [2.24, 2.45) is 10.4 Å². The van der Waals surface area contributed by atoms with Crippen LogP contribution in [0.2, 0.25) is 0 Å². The number of aliphatic imine (C=N–C) groups is 1. The lowest BCUT2D eigenvalue weighted by Gasteiger charge is -2.09. The topological polar surface area (TPSA) is 32.6 Å². The van der Waals surface area contributed by atoms with E-state index in [2.05, 4.69) is 25.8 Å². The lowest BCUT2D eigenvalue weighted by molar-refractivity contribution is 0.306. The van der Waals surface area contributed by atoms with Gasteiger partial charge in [0.15, 0.2) is 0 Å². The number of aliphatic hydroxyl groups is 1. The quantitative estimate of drug-likeness (QED) is 0.556. The van der Waals surface area contributed by atoms with Crippen molar-refractivity contribution in [3.05, 3.63) is 0 Å². The molecule has 0 atom stereocenters. The highest BCUT2D eigenvalue weighted by Crippen LogP contribution is 2.07. The highest BCUT2D eigenvalue weighted by Gasteiger charge is 2.03. The summed E-state index contributed by atoms with van der Waals surface area (Å²) < 4.78 is 0. The fourth-order valence-electron chi connectivity index (χ4n) is 0.396. The van der Waals surface area contributed by atoms with Crippen molar-refractivity contribution in [1.82, 2.24) is 0 Å². The summed E-state index contributed by atoms with van der Waals surface area (Å²) in [4.78, 5) is 3.99. The van der Waals surface area contributed by atoms with Crippen LogP contribution in [-0.4, -0.2) is 24.5 Å². The van der Waals surface area contributed by atoms with E-state index in [1.54, 1.807) is 0 Å².